The summed E-state index contributed by atoms with van der Waals surface area (Å²) in [6.07, 6.45) is 1.88. The summed E-state index contributed by atoms with van der Waals surface area (Å²) >= 11 is 0. The van der Waals surface area contributed by atoms with Crippen LogP contribution in [0.2, 0.25) is 0 Å². The van der Waals surface area contributed by atoms with Crippen LogP contribution in [-0.4, -0.2) is 51.2 Å². The van der Waals surface area contributed by atoms with Gasteiger partial charge in [-0.1, -0.05) is 0 Å². The van der Waals surface area contributed by atoms with E-state index in [1.54, 1.807) is 14.0 Å². The topological polar surface area (TPSA) is 50.7 Å². The first-order chi connectivity index (χ1) is 6.77. The Labute approximate surface area is 86.6 Å². The zero-order valence-electron chi connectivity index (χ0n) is 9.29. The maximum atomic E-state index is 8.95. The third kappa shape index (κ3) is 11.8. The van der Waals surface area contributed by atoms with Crippen LogP contribution in [0.1, 0.15) is 19.8 Å². The standard InChI is InChI=1S/C10H23NO3/c1-10(12)9-11-5-3-4-6-14-8-7-13-2/h10-12H,3-9H2,1-2H3/t10-/m0/s1. The summed E-state index contributed by atoms with van der Waals surface area (Å²) in [6, 6.07) is 0. The van der Waals surface area contributed by atoms with E-state index in [-0.39, 0.29) is 6.10 Å². The first-order valence-corrected chi connectivity index (χ1v) is 5.23. The number of hydrogen-bond acceptors (Lipinski definition) is 4. The lowest BCUT2D eigenvalue weighted by molar-refractivity contribution is 0.0687. The van der Waals surface area contributed by atoms with Gasteiger partial charge in [-0.05, 0) is 26.3 Å². The minimum Gasteiger partial charge on any atom is -0.392 e. The number of ether oxygens (including phenoxy) is 2. The smallest absolute Gasteiger partial charge is 0.0700 e. The molecule has 0 aromatic heterocycles. The monoisotopic (exact) mass is 205 g/mol. The maximum Gasteiger partial charge on any atom is 0.0700 e. The quantitative estimate of drug-likeness (QED) is 0.507. The number of hydrogen-bond donors (Lipinski definition) is 2. The van der Waals surface area contributed by atoms with Crippen molar-refractivity contribution in [1.29, 1.82) is 0 Å². The summed E-state index contributed by atoms with van der Waals surface area (Å²) in [5, 5.41) is 12.1. The van der Waals surface area contributed by atoms with Gasteiger partial charge >= 0.3 is 0 Å². The van der Waals surface area contributed by atoms with Crippen LogP contribution in [0.4, 0.5) is 0 Å². The van der Waals surface area contributed by atoms with Gasteiger partial charge in [0.1, 0.15) is 0 Å². The van der Waals surface area contributed by atoms with Gasteiger partial charge in [0.05, 0.1) is 19.3 Å². The van der Waals surface area contributed by atoms with Gasteiger partial charge in [0.25, 0.3) is 0 Å². The van der Waals surface area contributed by atoms with E-state index < -0.39 is 0 Å². The molecule has 0 amide bonds. The van der Waals surface area contributed by atoms with Gasteiger partial charge in [0.15, 0.2) is 0 Å². The Morgan fingerprint density at radius 3 is 2.64 bits per heavy atom. The lowest BCUT2D eigenvalue weighted by Gasteiger charge is -2.06. The fourth-order valence-corrected chi connectivity index (χ4v) is 1.01. The van der Waals surface area contributed by atoms with E-state index in [0.29, 0.717) is 19.8 Å². The van der Waals surface area contributed by atoms with Crippen molar-refractivity contribution >= 4 is 0 Å². The molecule has 0 spiro atoms. The fraction of sp³-hybridized carbons (Fsp3) is 1.00. The molecule has 4 heteroatoms. The van der Waals surface area contributed by atoms with Crippen LogP contribution in [-0.2, 0) is 9.47 Å². The van der Waals surface area contributed by atoms with Crippen molar-refractivity contribution in [3.05, 3.63) is 0 Å². The molecular formula is C10H23NO3. The Balaban J connectivity index is 2.85. The molecule has 0 aliphatic carbocycles. The van der Waals surface area contributed by atoms with Crippen molar-refractivity contribution in [2.45, 2.75) is 25.9 Å². The first kappa shape index (κ1) is 13.8. The molecule has 0 saturated heterocycles. The molecule has 0 radical (unpaired) electrons. The highest BCUT2D eigenvalue weighted by molar-refractivity contribution is 4.52. The minimum absolute atomic E-state index is 0.257. The zero-order valence-corrected chi connectivity index (χ0v) is 9.29. The van der Waals surface area contributed by atoms with E-state index in [4.69, 9.17) is 14.6 Å². The molecule has 0 aliphatic heterocycles. The van der Waals surface area contributed by atoms with Crippen molar-refractivity contribution in [3.63, 3.8) is 0 Å². The molecule has 0 rings (SSSR count). The van der Waals surface area contributed by atoms with Crippen molar-refractivity contribution in [1.82, 2.24) is 5.32 Å². The predicted octanol–water partition coefficient (Wildman–Crippen LogP) is 0.400. The van der Waals surface area contributed by atoms with Crippen LogP contribution < -0.4 is 5.32 Å². The second-order valence-electron chi connectivity index (χ2n) is 3.37. The number of unbranched alkanes of at least 4 members (excludes halogenated alkanes) is 1. The molecule has 0 aliphatic rings. The average molecular weight is 205 g/mol. The van der Waals surface area contributed by atoms with E-state index in [2.05, 4.69) is 5.32 Å². The van der Waals surface area contributed by atoms with Gasteiger partial charge in [-0.25, -0.2) is 0 Å². The van der Waals surface area contributed by atoms with E-state index in [1.807, 2.05) is 0 Å². The zero-order chi connectivity index (χ0) is 10.6. The van der Waals surface area contributed by atoms with Gasteiger partial charge in [0, 0.05) is 20.3 Å². The number of rotatable bonds is 10. The molecule has 1 atom stereocenters. The molecular weight excluding hydrogens is 182 g/mol. The lowest BCUT2D eigenvalue weighted by atomic mass is 10.3. The normalized spacial score (nSPS) is 13.1. The Morgan fingerprint density at radius 2 is 2.00 bits per heavy atom. The van der Waals surface area contributed by atoms with Crippen molar-refractivity contribution in [2.75, 3.05) is 40.0 Å². The first-order valence-electron chi connectivity index (χ1n) is 5.23. The molecule has 0 heterocycles. The summed E-state index contributed by atoms with van der Waals surface area (Å²) in [5.41, 5.74) is 0. The Kier molecular flexibility index (Phi) is 10.8. The third-order valence-corrected chi connectivity index (χ3v) is 1.76. The number of methoxy groups -OCH3 is 1. The second-order valence-corrected chi connectivity index (χ2v) is 3.37. The Hall–Kier alpha value is -0.160. The van der Waals surface area contributed by atoms with Crippen LogP contribution >= 0.6 is 0 Å². The summed E-state index contributed by atoms with van der Waals surface area (Å²) in [5.74, 6) is 0. The van der Waals surface area contributed by atoms with E-state index >= 15 is 0 Å². The molecule has 0 bridgehead atoms. The molecule has 0 fully saturated rings. The predicted molar refractivity (Wildman–Crippen MR) is 56.5 cm³/mol. The van der Waals surface area contributed by atoms with Crippen molar-refractivity contribution < 1.29 is 14.6 Å². The molecule has 4 nitrogen and oxygen atoms in total. The van der Waals surface area contributed by atoms with Gasteiger partial charge in [-0.3, -0.25) is 0 Å². The van der Waals surface area contributed by atoms with Crippen molar-refractivity contribution in [3.8, 4) is 0 Å². The highest BCUT2D eigenvalue weighted by Gasteiger charge is 1.94. The van der Waals surface area contributed by atoms with E-state index in [0.717, 1.165) is 26.0 Å². The highest BCUT2D eigenvalue weighted by atomic mass is 16.5. The van der Waals surface area contributed by atoms with Crippen LogP contribution in [0.15, 0.2) is 0 Å². The second kappa shape index (κ2) is 10.9. The highest BCUT2D eigenvalue weighted by Crippen LogP contribution is 1.89. The van der Waals surface area contributed by atoms with Crippen LogP contribution in [0, 0.1) is 0 Å². The van der Waals surface area contributed by atoms with Gasteiger partial charge < -0.3 is 19.9 Å². The van der Waals surface area contributed by atoms with Crippen LogP contribution in [0.5, 0.6) is 0 Å². The fourth-order valence-electron chi connectivity index (χ4n) is 1.01. The third-order valence-electron chi connectivity index (χ3n) is 1.76. The number of aliphatic hydroxyl groups excluding tert-OH is 1. The molecule has 0 unspecified atom stereocenters. The summed E-state index contributed by atoms with van der Waals surface area (Å²) in [7, 11) is 1.67. The summed E-state index contributed by atoms with van der Waals surface area (Å²) in [4.78, 5) is 0. The summed E-state index contributed by atoms with van der Waals surface area (Å²) < 4.78 is 10.1. The van der Waals surface area contributed by atoms with E-state index in [9.17, 15) is 0 Å². The molecule has 0 aromatic rings. The lowest BCUT2D eigenvalue weighted by Crippen LogP contribution is -2.25. The van der Waals surface area contributed by atoms with Gasteiger partial charge in [-0.15, -0.1) is 0 Å². The minimum atomic E-state index is -0.257. The maximum absolute atomic E-state index is 8.95. The number of nitrogens with one attached hydrogen (secondary N) is 1. The number of aliphatic hydroxyl groups is 1. The van der Waals surface area contributed by atoms with Gasteiger partial charge in [-0.2, -0.15) is 0 Å². The molecule has 2 N–H and O–H groups in total. The molecule has 0 saturated carbocycles. The Bertz CT molecular complexity index is 110. The van der Waals surface area contributed by atoms with Gasteiger partial charge in [0.2, 0.25) is 0 Å². The largest absolute Gasteiger partial charge is 0.392 e. The molecule has 14 heavy (non-hydrogen) atoms. The Morgan fingerprint density at radius 1 is 1.21 bits per heavy atom. The summed E-state index contributed by atoms with van der Waals surface area (Å²) in [6.45, 7) is 5.53. The average Bonchev–Trinajstić information content (AvgIpc) is 2.15. The molecule has 86 valence electrons. The van der Waals surface area contributed by atoms with Crippen molar-refractivity contribution in [2.24, 2.45) is 0 Å². The van der Waals surface area contributed by atoms with Crippen LogP contribution in [0.3, 0.4) is 0 Å². The van der Waals surface area contributed by atoms with E-state index in [1.165, 1.54) is 0 Å². The molecule has 0 aromatic carbocycles. The van der Waals surface area contributed by atoms with Crippen LogP contribution in [0.25, 0.3) is 0 Å². The SMILES string of the molecule is COCCOCCCCNC[C@H](C)O.